The molecule has 6 heteroatoms. The Kier molecular flexibility index (Phi) is 5.10. The standard InChI is InChI=1S/C12H14F4O2/c1-18-6-2-3-11(17)8-4-5-10(13)9(7-8)12(14,15)16/h4-5,7,11,17H,2-3,6H2,1H3. The zero-order valence-corrected chi connectivity index (χ0v) is 9.80. The van der Waals surface area contributed by atoms with Crippen molar-refractivity contribution in [2.45, 2.75) is 25.1 Å². The highest BCUT2D eigenvalue weighted by molar-refractivity contribution is 5.28. The Morgan fingerprint density at radius 2 is 2.00 bits per heavy atom. The molecule has 1 aromatic carbocycles. The Morgan fingerprint density at radius 3 is 2.56 bits per heavy atom. The van der Waals surface area contributed by atoms with Crippen LogP contribution in [-0.4, -0.2) is 18.8 Å². The van der Waals surface area contributed by atoms with Gasteiger partial charge in [-0.15, -0.1) is 0 Å². The minimum Gasteiger partial charge on any atom is -0.388 e. The SMILES string of the molecule is COCCCC(O)c1ccc(F)c(C(F)(F)F)c1. The van der Waals surface area contributed by atoms with Crippen LogP contribution in [0.5, 0.6) is 0 Å². The average Bonchev–Trinajstić information content (AvgIpc) is 2.28. The van der Waals surface area contributed by atoms with Gasteiger partial charge in [-0.05, 0) is 30.5 Å². The minimum atomic E-state index is -4.76. The van der Waals surface area contributed by atoms with Crippen molar-refractivity contribution in [2.75, 3.05) is 13.7 Å². The van der Waals surface area contributed by atoms with E-state index in [-0.39, 0.29) is 12.0 Å². The van der Waals surface area contributed by atoms with Crippen LogP contribution in [-0.2, 0) is 10.9 Å². The van der Waals surface area contributed by atoms with Gasteiger partial charge in [-0.3, -0.25) is 0 Å². The summed E-state index contributed by atoms with van der Waals surface area (Å²) in [6.07, 6.45) is -5.04. The van der Waals surface area contributed by atoms with E-state index < -0.39 is 23.7 Å². The highest BCUT2D eigenvalue weighted by Crippen LogP contribution is 2.33. The highest BCUT2D eigenvalue weighted by atomic mass is 19.4. The summed E-state index contributed by atoms with van der Waals surface area (Å²) < 4.78 is 55.2. The summed E-state index contributed by atoms with van der Waals surface area (Å²) in [6.45, 7) is 0.407. The number of aliphatic hydroxyl groups excluding tert-OH is 1. The van der Waals surface area contributed by atoms with E-state index in [4.69, 9.17) is 4.74 Å². The first-order chi connectivity index (χ1) is 8.36. The molecule has 1 aromatic rings. The Labute approximate surface area is 102 Å². The molecule has 0 saturated carbocycles. The number of alkyl halides is 3. The molecule has 0 aliphatic heterocycles. The normalized spacial score (nSPS) is 13.7. The van der Waals surface area contributed by atoms with E-state index in [1.807, 2.05) is 0 Å². The lowest BCUT2D eigenvalue weighted by atomic mass is 10.0. The number of methoxy groups -OCH3 is 1. The summed E-state index contributed by atoms with van der Waals surface area (Å²) >= 11 is 0. The minimum absolute atomic E-state index is 0.0554. The van der Waals surface area contributed by atoms with Crippen LogP contribution in [0, 0.1) is 5.82 Å². The van der Waals surface area contributed by atoms with Crippen molar-refractivity contribution in [3.8, 4) is 0 Å². The molecule has 0 radical (unpaired) electrons. The van der Waals surface area contributed by atoms with Crippen molar-refractivity contribution in [1.82, 2.24) is 0 Å². The van der Waals surface area contributed by atoms with Gasteiger partial charge in [0.1, 0.15) is 5.82 Å². The average molecular weight is 266 g/mol. The van der Waals surface area contributed by atoms with Crippen molar-refractivity contribution < 1.29 is 27.4 Å². The fourth-order valence-corrected chi connectivity index (χ4v) is 1.56. The van der Waals surface area contributed by atoms with Gasteiger partial charge in [0.05, 0.1) is 11.7 Å². The van der Waals surface area contributed by atoms with Gasteiger partial charge in [0.15, 0.2) is 0 Å². The number of benzene rings is 1. The number of rotatable bonds is 5. The summed E-state index contributed by atoms with van der Waals surface area (Å²) in [6, 6.07) is 2.52. The molecule has 1 unspecified atom stereocenters. The monoisotopic (exact) mass is 266 g/mol. The summed E-state index contributed by atoms with van der Waals surface area (Å²) in [5.41, 5.74) is -1.30. The van der Waals surface area contributed by atoms with Crippen LogP contribution >= 0.6 is 0 Å². The molecule has 2 nitrogen and oxygen atoms in total. The van der Waals surface area contributed by atoms with Crippen LogP contribution in [0.15, 0.2) is 18.2 Å². The van der Waals surface area contributed by atoms with Gasteiger partial charge in [0.2, 0.25) is 0 Å². The van der Waals surface area contributed by atoms with Crippen molar-refractivity contribution in [2.24, 2.45) is 0 Å². The largest absolute Gasteiger partial charge is 0.419 e. The van der Waals surface area contributed by atoms with E-state index in [1.165, 1.54) is 7.11 Å². The Hall–Kier alpha value is -1.14. The van der Waals surface area contributed by atoms with Gasteiger partial charge >= 0.3 is 6.18 Å². The van der Waals surface area contributed by atoms with Crippen LogP contribution in [0.25, 0.3) is 0 Å². The summed E-state index contributed by atoms with van der Waals surface area (Å²) in [7, 11) is 1.49. The Bertz CT molecular complexity index is 390. The van der Waals surface area contributed by atoms with Crippen molar-refractivity contribution in [3.63, 3.8) is 0 Å². The quantitative estimate of drug-likeness (QED) is 0.654. The van der Waals surface area contributed by atoms with Crippen LogP contribution < -0.4 is 0 Å². The van der Waals surface area contributed by atoms with Crippen LogP contribution in [0.4, 0.5) is 17.6 Å². The van der Waals surface area contributed by atoms with Gasteiger partial charge in [-0.25, -0.2) is 4.39 Å². The molecule has 0 heterocycles. The number of aliphatic hydroxyl groups is 1. The molecule has 1 atom stereocenters. The molecule has 0 saturated heterocycles. The summed E-state index contributed by atoms with van der Waals surface area (Å²) in [4.78, 5) is 0. The van der Waals surface area contributed by atoms with Crippen molar-refractivity contribution >= 4 is 0 Å². The first-order valence-corrected chi connectivity index (χ1v) is 5.40. The van der Waals surface area contributed by atoms with Crippen molar-refractivity contribution in [1.29, 1.82) is 0 Å². The molecule has 0 fully saturated rings. The molecular formula is C12H14F4O2. The lowest BCUT2D eigenvalue weighted by Gasteiger charge is -2.14. The molecular weight excluding hydrogens is 252 g/mol. The second-order valence-electron chi connectivity index (χ2n) is 3.89. The lowest BCUT2D eigenvalue weighted by Crippen LogP contribution is -2.10. The third-order valence-electron chi connectivity index (χ3n) is 2.51. The molecule has 1 rings (SSSR count). The van der Waals surface area contributed by atoms with Gasteiger partial charge in [0.25, 0.3) is 0 Å². The maximum atomic E-state index is 13.0. The van der Waals surface area contributed by atoms with Crippen LogP contribution in [0.1, 0.15) is 30.1 Å². The van der Waals surface area contributed by atoms with E-state index in [9.17, 15) is 22.7 Å². The smallest absolute Gasteiger partial charge is 0.388 e. The second-order valence-corrected chi connectivity index (χ2v) is 3.89. The zero-order valence-electron chi connectivity index (χ0n) is 9.80. The molecule has 0 aromatic heterocycles. The lowest BCUT2D eigenvalue weighted by molar-refractivity contribution is -0.140. The van der Waals surface area contributed by atoms with E-state index in [2.05, 4.69) is 0 Å². The Balaban J connectivity index is 2.84. The number of hydrogen-bond donors (Lipinski definition) is 1. The zero-order chi connectivity index (χ0) is 13.8. The van der Waals surface area contributed by atoms with E-state index >= 15 is 0 Å². The molecule has 0 bridgehead atoms. The van der Waals surface area contributed by atoms with Crippen molar-refractivity contribution in [3.05, 3.63) is 35.1 Å². The number of ether oxygens (including phenoxy) is 1. The fourth-order valence-electron chi connectivity index (χ4n) is 1.56. The van der Waals surface area contributed by atoms with E-state index in [1.54, 1.807) is 0 Å². The highest BCUT2D eigenvalue weighted by Gasteiger charge is 2.34. The molecule has 0 aliphatic rings. The predicted octanol–water partition coefficient (Wildman–Crippen LogP) is 3.30. The molecule has 1 N–H and O–H groups in total. The molecule has 0 spiro atoms. The second kappa shape index (κ2) is 6.15. The van der Waals surface area contributed by atoms with Gasteiger partial charge in [0, 0.05) is 13.7 Å². The Morgan fingerprint density at radius 1 is 1.33 bits per heavy atom. The van der Waals surface area contributed by atoms with Crippen LogP contribution in [0.3, 0.4) is 0 Å². The molecule has 18 heavy (non-hydrogen) atoms. The first kappa shape index (κ1) is 14.9. The van der Waals surface area contributed by atoms with Gasteiger partial charge < -0.3 is 9.84 Å². The van der Waals surface area contributed by atoms with Gasteiger partial charge in [-0.1, -0.05) is 6.07 Å². The summed E-state index contributed by atoms with van der Waals surface area (Å²) in [5.74, 6) is -1.34. The first-order valence-electron chi connectivity index (χ1n) is 5.40. The topological polar surface area (TPSA) is 29.5 Å². The van der Waals surface area contributed by atoms with Gasteiger partial charge in [-0.2, -0.15) is 13.2 Å². The van der Waals surface area contributed by atoms with E-state index in [0.29, 0.717) is 19.1 Å². The molecule has 0 aliphatic carbocycles. The fraction of sp³-hybridized carbons (Fsp3) is 0.500. The molecule has 0 amide bonds. The number of halogens is 4. The maximum Gasteiger partial charge on any atom is 0.419 e. The number of hydrogen-bond acceptors (Lipinski definition) is 2. The third-order valence-corrected chi connectivity index (χ3v) is 2.51. The predicted molar refractivity (Wildman–Crippen MR) is 57.5 cm³/mol. The summed E-state index contributed by atoms with van der Waals surface area (Å²) in [5, 5.41) is 9.68. The van der Waals surface area contributed by atoms with Crippen LogP contribution in [0.2, 0.25) is 0 Å². The molecule has 102 valence electrons. The maximum absolute atomic E-state index is 13.0. The van der Waals surface area contributed by atoms with E-state index in [0.717, 1.165) is 12.1 Å². The third kappa shape index (κ3) is 3.96.